The Bertz CT molecular complexity index is 426. The van der Waals surface area contributed by atoms with Crippen LogP contribution < -0.4 is 0 Å². The standard InChI is InChI=1S/C14H22O6.CHNO/c1-5-17-6-7-18-8-9-19-10-12(4)14(16)20-13(15)11(2)3;2-1-3/h2,4-10H2,1,3H3;2H. The van der Waals surface area contributed by atoms with E-state index in [2.05, 4.69) is 17.9 Å². The minimum atomic E-state index is -0.810. The van der Waals surface area contributed by atoms with Gasteiger partial charge in [0.05, 0.1) is 38.6 Å². The Morgan fingerprint density at radius 1 is 1.00 bits per heavy atom. The van der Waals surface area contributed by atoms with Crippen LogP contribution in [0.2, 0.25) is 0 Å². The Morgan fingerprint density at radius 3 is 1.96 bits per heavy atom. The number of carbonyl (C=O) groups excluding carboxylic acids is 3. The second kappa shape index (κ2) is 16.3. The first-order valence-corrected chi connectivity index (χ1v) is 6.77. The van der Waals surface area contributed by atoms with Crippen LogP contribution >= 0.6 is 0 Å². The second-order valence-corrected chi connectivity index (χ2v) is 4.02. The fourth-order valence-corrected chi connectivity index (χ4v) is 0.980. The molecule has 0 heterocycles. The van der Waals surface area contributed by atoms with Crippen LogP contribution in [0, 0.1) is 5.41 Å². The first kappa shape index (κ1) is 23.2. The summed E-state index contributed by atoms with van der Waals surface area (Å²) in [4.78, 5) is 30.8. The third-order valence-electron chi connectivity index (χ3n) is 2.05. The summed E-state index contributed by atoms with van der Waals surface area (Å²) < 4.78 is 20.0. The van der Waals surface area contributed by atoms with Gasteiger partial charge in [0, 0.05) is 12.2 Å². The van der Waals surface area contributed by atoms with Gasteiger partial charge >= 0.3 is 11.9 Å². The Balaban J connectivity index is 0. The Kier molecular flexibility index (Phi) is 16.4. The lowest BCUT2D eigenvalue weighted by atomic mass is 10.3. The van der Waals surface area contributed by atoms with Crippen molar-refractivity contribution in [2.24, 2.45) is 0 Å². The molecule has 0 radical (unpaired) electrons. The molecule has 0 aromatic rings. The number of hydrogen-bond donors (Lipinski definition) is 1. The number of carbonyl (C=O) groups is 2. The molecule has 0 fully saturated rings. The van der Waals surface area contributed by atoms with E-state index in [9.17, 15) is 9.59 Å². The Morgan fingerprint density at radius 2 is 1.48 bits per heavy atom. The van der Waals surface area contributed by atoms with Gasteiger partial charge in [-0.2, -0.15) is 0 Å². The second-order valence-electron chi connectivity index (χ2n) is 4.02. The summed E-state index contributed by atoms with van der Waals surface area (Å²) in [5.41, 5.74) is 0.212. The fourth-order valence-electron chi connectivity index (χ4n) is 0.980. The summed E-state index contributed by atoms with van der Waals surface area (Å²) >= 11 is 0. The molecule has 0 saturated heterocycles. The van der Waals surface area contributed by atoms with E-state index in [1.165, 1.54) is 6.92 Å². The molecule has 0 atom stereocenters. The molecule has 0 aliphatic carbocycles. The fraction of sp³-hybridized carbons (Fsp3) is 0.533. The monoisotopic (exact) mass is 329 g/mol. The number of isocyanates is 1. The van der Waals surface area contributed by atoms with Crippen LogP contribution in [-0.2, 0) is 33.3 Å². The van der Waals surface area contributed by atoms with Gasteiger partial charge in [-0.15, -0.1) is 0 Å². The van der Waals surface area contributed by atoms with Crippen LogP contribution in [-0.4, -0.2) is 57.7 Å². The molecule has 0 bridgehead atoms. The maximum Gasteiger partial charge on any atom is 0.343 e. The average molecular weight is 329 g/mol. The van der Waals surface area contributed by atoms with Gasteiger partial charge in [0.2, 0.25) is 6.08 Å². The zero-order chi connectivity index (χ0) is 18.1. The van der Waals surface area contributed by atoms with Gasteiger partial charge in [0.1, 0.15) is 0 Å². The van der Waals surface area contributed by atoms with E-state index in [-0.39, 0.29) is 17.8 Å². The number of hydrogen-bond acceptors (Lipinski definition) is 8. The SMILES string of the molecule is C=C(C)C(=O)OC(=O)C(=C)COCCOCCOCC.N=C=O. The molecule has 0 aliphatic rings. The average Bonchev–Trinajstić information content (AvgIpc) is 2.50. The molecule has 23 heavy (non-hydrogen) atoms. The van der Waals surface area contributed by atoms with Gasteiger partial charge in [0.25, 0.3) is 0 Å². The quantitative estimate of drug-likeness (QED) is 0.151. The van der Waals surface area contributed by atoms with Crippen molar-refractivity contribution in [3.63, 3.8) is 0 Å². The molecule has 0 aromatic carbocycles. The molecule has 0 unspecified atom stereocenters. The first-order valence-electron chi connectivity index (χ1n) is 6.77. The molecular weight excluding hydrogens is 306 g/mol. The molecule has 8 nitrogen and oxygen atoms in total. The van der Waals surface area contributed by atoms with Gasteiger partial charge in [-0.1, -0.05) is 13.2 Å². The van der Waals surface area contributed by atoms with E-state index >= 15 is 0 Å². The van der Waals surface area contributed by atoms with E-state index in [1.807, 2.05) is 6.92 Å². The van der Waals surface area contributed by atoms with Crippen molar-refractivity contribution in [2.75, 3.05) is 39.6 Å². The summed E-state index contributed by atoms with van der Waals surface area (Å²) in [6.45, 7) is 12.6. The molecule has 0 aliphatic heterocycles. The lowest BCUT2D eigenvalue weighted by molar-refractivity contribution is -0.154. The van der Waals surface area contributed by atoms with Crippen molar-refractivity contribution in [3.05, 3.63) is 24.3 Å². The van der Waals surface area contributed by atoms with Gasteiger partial charge in [-0.25, -0.2) is 19.8 Å². The third-order valence-corrected chi connectivity index (χ3v) is 2.05. The highest BCUT2D eigenvalue weighted by Gasteiger charge is 2.14. The molecule has 130 valence electrons. The minimum Gasteiger partial charge on any atom is -0.386 e. The van der Waals surface area contributed by atoms with Crippen LogP contribution in [0.5, 0.6) is 0 Å². The lowest BCUT2D eigenvalue weighted by Gasteiger charge is -2.07. The van der Waals surface area contributed by atoms with Crippen LogP contribution in [0.4, 0.5) is 0 Å². The predicted molar refractivity (Wildman–Crippen MR) is 81.6 cm³/mol. The van der Waals surface area contributed by atoms with Crippen LogP contribution in [0.15, 0.2) is 24.3 Å². The van der Waals surface area contributed by atoms with Crippen LogP contribution in [0.1, 0.15) is 13.8 Å². The molecule has 0 rings (SSSR count). The van der Waals surface area contributed by atoms with Gasteiger partial charge in [-0.3, -0.25) is 0 Å². The topological polar surface area (TPSA) is 112 Å². The molecule has 1 N–H and O–H groups in total. The molecular formula is C15H23NO7. The van der Waals surface area contributed by atoms with Crippen molar-refractivity contribution in [3.8, 4) is 0 Å². The van der Waals surface area contributed by atoms with Gasteiger partial charge in [0.15, 0.2) is 0 Å². The summed E-state index contributed by atoms with van der Waals surface area (Å²) in [6.07, 6.45) is 0.750. The van der Waals surface area contributed by atoms with Gasteiger partial charge < -0.3 is 18.9 Å². The lowest BCUT2D eigenvalue weighted by Crippen LogP contribution is -2.18. The van der Waals surface area contributed by atoms with E-state index in [0.29, 0.717) is 33.0 Å². The molecule has 8 heteroatoms. The third kappa shape index (κ3) is 16.1. The Labute approximate surface area is 135 Å². The van der Waals surface area contributed by atoms with Crippen molar-refractivity contribution in [1.29, 1.82) is 5.41 Å². The number of esters is 2. The zero-order valence-electron chi connectivity index (χ0n) is 13.5. The van der Waals surface area contributed by atoms with Crippen LogP contribution in [0.3, 0.4) is 0 Å². The highest BCUT2D eigenvalue weighted by molar-refractivity contribution is 6.01. The van der Waals surface area contributed by atoms with Crippen molar-refractivity contribution in [1.82, 2.24) is 0 Å². The first-order chi connectivity index (χ1) is 10.9. The summed E-state index contributed by atoms with van der Waals surface area (Å²) in [5.74, 6) is -1.58. The number of rotatable bonds is 11. The van der Waals surface area contributed by atoms with Crippen molar-refractivity contribution >= 4 is 18.0 Å². The molecule has 0 aromatic heterocycles. The minimum absolute atomic E-state index is 0.0167. The van der Waals surface area contributed by atoms with Crippen LogP contribution in [0.25, 0.3) is 0 Å². The summed E-state index contributed by atoms with van der Waals surface area (Å²) in [7, 11) is 0. The maximum atomic E-state index is 11.4. The largest absolute Gasteiger partial charge is 0.386 e. The normalized spacial score (nSPS) is 9.13. The summed E-state index contributed by atoms with van der Waals surface area (Å²) in [6, 6.07) is 0. The van der Waals surface area contributed by atoms with E-state index in [0.717, 1.165) is 6.08 Å². The van der Waals surface area contributed by atoms with E-state index in [4.69, 9.17) is 24.4 Å². The molecule has 0 amide bonds. The number of nitrogens with one attached hydrogen (secondary N) is 1. The molecule has 0 spiro atoms. The Hall–Kier alpha value is -2.12. The molecule has 0 saturated carbocycles. The van der Waals surface area contributed by atoms with Crippen molar-refractivity contribution in [2.45, 2.75) is 13.8 Å². The van der Waals surface area contributed by atoms with E-state index < -0.39 is 11.9 Å². The zero-order valence-corrected chi connectivity index (χ0v) is 13.5. The van der Waals surface area contributed by atoms with E-state index in [1.54, 1.807) is 0 Å². The summed E-state index contributed by atoms with van der Waals surface area (Å²) in [5, 5.41) is 5.40. The van der Waals surface area contributed by atoms with Gasteiger partial charge in [-0.05, 0) is 13.8 Å². The maximum absolute atomic E-state index is 11.4. The smallest absolute Gasteiger partial charge is 0.343 e. The highest BCUT2D eigenvalue weighted by atomic mass is 16.6. The number of ether oxygens (including phenoxy) is 4. The van der Waals surface area contributed by atoms with Crippen molar-refractivity contribution < 1.29 is 33.3 Å². The predicted octanol–water partition coefficient (Wildman–Crippen LogP) is 1.16. The highest BCUT2D eigenvalue weighted by Crippen LogP contribution is 2.00.